The first-order chi connectivity index (χ1) is 15.0. The van der Waals surface area contributed by atoms with Gasteiger partial charge >= 0.3 is 0 Å². The number of hydrogen-bond acceptors (Lipinski definition) is 6. The summed E-state index contributed by atoms with van der Waals surface area (Å²) in [6.07, 6.45) is 1.62. The molecule has 1 amide bonds. The Morgan fingerprint density at radius 2 is 1.81 bits per heavy atom. The van der Waals surface area contributed by atoms with Crippen molar-refractivity contribution in [3.05, 3.63) is 98.4 Å². The average molecular weight is 468 g/mol. The first-order valence-electron chi connectivity index (χ1n) is 9.04. The molecule has 0 radical (unpaired) electrons. The molecule has 4 rings (SSSR count). The summed E-state index contributed by atoms with van der Waals surface area (Å²) in [5.74, 6) is -0.290. The Bertz CT molecular complexity index is 1210. The molecule has 31 heavy (non-hydrogen) atoms. The lowest BCUT2D eigenvalue weighted by Crippen LogP contribution is -2.19. The summed E-state index contributed by atoms with van der Waals surface area (Å²) in [5.41, 5.74) is 1.26. The molecule has 9 heteroatoms. The molecule has 0 aliphatic carbocycles. The molecule has 1 aliphatic heterocycles. The smallest absolute Gasteiger partial charge is 0.283 e. The third-order valence-electron chi connectivity index (χ3n) is 4.16. The highest BCUT2D eigenvalue weighted by molar-refractivity contribution is 8.18. The summed E-state index contributed by atoms with van der Waals surface area (Å²) < 4.78 is 0. The van der Waals surface area contributed by atoms with Gasteiger partial charge in [-0.3, -0.25) is 14.9 Å². The number of carbonyl (C=O) groups is 1. The molecule has 0 atom stereocenters. The van der Waals surface area contributed by atoms with Crippen LogP contribution in [0, 0.1) is 10.1 Å². The lowest BCUT2D eigenvalue weighted by atomic mass is 10.2. The lowest BCUT2D eigenvalue weighted by molar-refractivity contribution is -0.387. The molecule has 0 unspecified atom stereocenters. The molecule has 0 aromatic heterocycles. The van der Waals surface area contributed by atoms with E-state index < -0.39 is 4.92 Å². The minimum Gasteiger partial charge on any atom is -0.300 e. The van der Waals surface area contributed by atoms with Crippen LogP contribution in [0.15, 0.2) is 92.5 Å². The van der Waals surface area contributed by atoms with Crippen molar-refractivity contribution in [2.45, 2.75) is 9.79 Å². The second-order valence-corrected chi connectivity index (χ2v) is 8.94. The molecule has 154 valence electrons. The summed E-state index contributed by atoms with van der Waals surface area (Å²) in [6.45, 7) is 0. The standard InChI is InChI=1S/C22H14ClN3O3S2/c23-15-7-9-17(10-8-15)30-19-11-6-14(12-18(19)26(28)29)13-20-21(27)25-22(31-20)24-16-4-2-1-3-5-16/h1-13H,(H,24,25,27)/b20-13+. The first-order valence-corrected chi connectivity index (χ1v) is 11.1. The number of benzene rings is 3. The number of nitro groups is 1. The maximum absolute atomic E-state index is 12.3. The fourth-order valence-corrected chi connectivity index (χ4v) is 4.60. The van der Waals surface area contributed by atoms with E-state index in [-0.39, 0.29) is 11.6 Å². The van der Waals surface area contributed by atoms with Crippen LogP contribution in [0.5, 0.6) is 0 Å². The second-order valence-electron chi connectivity index (χ2n) is 6.36. The number of nitrogens with zero attached hydrogens (tertiary/aromatic N) is 2. The monoisotopic (exact) mass is 467 g/mol. The van der Waals surface area contributed by atoms with Gasteiger partial charge in [0.05, 0.1) is 20.4 Å². The quantitative estimate of drug-likeness (QED) is 0.270. The average Bonchev–Trinajstić information content (AvgIpc) is 3.10. The van der Waals surface area contributed by atoms with E-state index in [4.69, 9.17) is 11.6 Å². The van der Waals surface area contributed by atoms with Gasteiger partial charge in [0.2, 0.25) is 0 Å². The highest BCUT2D eigenvalue weighted by atomic mass is 35.5. The summed E-state index contributed by atoms with van der Waals surface area (Å²) in [5, 5.41) is 15.4. The molecule has 3 aromatic carbocycles. The van der Waals surface area contributed by atoms with Gasteiger partial charge in [0.25, 0.3) is 11.6 Å². The van der Waals surface area contributed by atoms with Crippen LogP contribution in [0.2, 0.25) is 5.02 Å². The fourth-order valence-electron chi connectivity index (χ4n) is 2.73. The van der Waals surface area contributed by atoms with Gasteiger partial charge in [-0.15, -0.1) is 0 Å². The van der Waals surface area contributed by atoms with Crippen molar-refractivity contribution in [3.63, 3.8) is 0 Å². The van der Waals surface area contributed by atoms with Gasteiger partial charge in [-0.1, -0.05) is 47.6 Å². The number of amides is 1. The van der Waals surface area contributed by atoms with E-state index in [1.165, 1.54) is 29.6 Å². The Balaban J connectivity index is 1.58. The summed E-state index contributed by atoms with van der Waals surface area (Å²) in [7, 11) is 0. The van der Waals surface area contributed by atoms with Crippen LogP contribution in [-0.2, 0) is 4.79 Å². The van der Waals surface area contributed by atoms with Crippen LogP contribution in [0.3, 0.4) is 0 Å². The van der Waals surface area contributed by atoms with Crippen molar-refractivity contribution < 1.29 is 9.72 Å². The van der Waals surface area contributed by atoms with E-state index in [2.05, 4.69) is 10.3 Å². The molecule has 0 spiro atoms. The van der Waals surface area contributed by atoms with Crippen LogP contribution < -0.4 is 5.32 Å². The number of amidine groups is 1. The number of hydrogen-bond donors (Lipinski definition) is 1. The van der Waals surface area contributed by atoms with Gasteiger partial charge in [0.15, 0.2) is 5.17 Å². The molecule has 1 aliphatic rings. The summed E-state index contributed by atoms with van der Waals surface area (Å²) >= 11 is 8.37. The van der Waals surface area contributed by atoms with Crippen LogP contribution in [-0.4, -0.2) is 16.0 Å². The summed E-state index contributed by atoms with van der Waals surface area (Å²) in [6, 6.07) is 21.3. The van der Waals surface area contributed by atoms with Gasteiger partial charge < -0.3 is 5.32 Å². The van der Waals surface area contributed by atoms with Crippen LogP contribution >= 0.6 is 35.1 Å². The molecule has 0 bridgehead atoms. The second kappa shape index (κ2) is 9.38. The topological polar surface area (TPSA) is 84.6 Å². The Labute approximate surface area is 191 Å². The zero-order valence-electron chi connectivity index (χ0n) is 15.8. The van der Waals surface area contributed by atoms with Gasteiger partial charge in [-0.05, 0) is 65.9 Å². The van der Waals surface area contributed by atoms with Gasteiger partial charge in [-0.2, -0.15) is 0 Å². The molecule has 3 aromatic rings. The van der Waals surface area contributed by atoms with Crippen molar-refractivity contribution in [2.24, 2.45) is 4.99 Å². The lowest BCUT2D eigenvalue weighted by Gasteiger charge is -2.05. The van der Waals surface area contributed by atoms with Crippen LogP contribution in [0.1, 0.15) is 5.56 Å². The molecule has 1 fully saturated rings. The molecule has 1 heterocycles. The van der Waals surface area contributed by atoms with Gasteiger partial charge in [0, 0.05) is 16.0 Å². The molecule has 1 N–H and O–H groups in total. The number of thioether (sulfide) groups is 1. The van der Waals surface area contributed by atoms with E-state index in [0.29, 0.717) is 25.6 Å². The zero-order valence-corrected chi connectivity index (χ0v) is 18.2. The number of aliphatic imine (C=N–C) groups is 1. The minimum atomic E-state index is -0.426. The normalized spacial score (nSPS) is 16.0. The number of para-hydroxylation sites is 1. The van der Waals surface area contributed by atoms with Crippen molar-refractivity contribution in [1.82, 2.24) is 5.32 Å². The van der Waals surface area contributed by atoms with Gasteiger partial charge in [0.1, 0.15) is 0 Å². The molecule has 6 nitrogen and oxygen atoms in total. The van der Waals surface area contributed by atoms with Crippen LogP contribution in [0.25, 0.3) is 6.08 Å². The number of halogens is 1. The summed E-state index contributed by atoms with van der Waals surface area (Å²) in [4.78, 5) is 29.7. The van der Waals surface area contributed by atoms with Crippen LogP contribution in [0.4, 0.5) is 11.4 Å². The van der Waals surface area contributed by atoms with E-state index >= 15 is 0 Å². The Kier molecular flexibility index (Phi) is 6.41. The predicted molar refractivity (Wildman–Crippen MR) is 126 cm³/mol. The largest absolute Gasteiger partial charge is 0.300 e. The van der Waals surface area contributed by atoms with Gasteiger partial charge in [-0.25, -0.2) is 4.99 Å². The number of rotatable bonds is 5. The maximum atomic E-state index is 12.3. The van der Waals surface area contributed by atoms with Crippen molar-refractivity contribution >= 4 is 63.7 Å². The Morgan fingerprint density at radius 3 is 2.52 bits per heavy atom. The number of carbonyl (C=O) groups excluding carboxylic acids is 1. The molecular formula is C22H14ClN3O3S2. The number of nitro benzene ring substituents is 1. The third kappa shape index (κ3) is 5.35. The minimum absolute atomic E-state index is 0.0316. The molecular weight excluding hydrogens is 454 g/mol. The van der Waals surface area contributed by atoms with Crippen molar-refractivity contribution in [1.29, 1.82) is 0 Å². The zero-order chi connectivity index (χ0) is 21.8. The molecule has 0 saturated carbocycles. The van der Waals surface area contributed by atoms with E-state index in [1.54, 1.807) is 42.5 Å². The number of nitrogens with one attached hydrogen (secondary N) is 1. The van der Waals surface area contributed by atoms with Crippen molar-refractivity contribution in [2.75, 3.05) is 0 Å². The van der Waals surface area contributed by atoms with E-state index in [0.717, 1.165) is 10.6 Å². The predicted octanol–water partition coefficient (Wildman–Crippen LogP) is 6.29. The third-order valence-corrected chi connectivity index (χ3v) is 6.39. The Morgan fingerprint density at radius 1 is 1.06 bits per heavy atom. The highest BCUT2D eigenvalue weighted by Gasteiger charge is 2.24. The first kappa shape index (κ1) is 21.2. The highest BCUT2D eigenvalue weighted by Crippen LogP contribution is 2.37. The van der Waals surface area contributed by atoms with E-state index in [9.17, 15) is 14.9 Å². The van der Waals surface area contributed by atoms with Crippen molar-refractivity contribution in [3.8, 4) is 0 Å². The van der Waals surface area contributed by atoms with E-state index in [1.807, 2.05) is 30.3 Å². The fraction of sp³-hybridized carbons (Fsp3) is 0. The SMILES string of the molecule is O=C1NC(=Nc2ccccc2)S/C1=C/c1ccc(Sc2ccc(Cl)cc2)c([N+](=O)[O-])c1. The maximum Gasteiger partial charge on any atom is 0.283 e. The Hall–Kier alpha value is -3.07. The molecule has 1 saturated heterocycles.